The number of amides is 4. The van der Waals surface area contributed by atoms with E-state index in [-0.39, 0.29) is 36.4 Å². The number of benzene rings is 1. The fraction of sp³-hybridized carbons (Fsp3) is 0.478. The number of nitrogens with one attached hydrogen (secondary N) is 1. The number of fused-ring (bicyclic) bond motifs is 1. The number of ether oxygens (including phenoxy) is 1. The van der Waals surface area contributed by atoms with Crippen molar-refractivity contribution in [3.8, 4) is 0 Å². The molecule has 1 unspecified atom stereocenters. The number of hydrogen-bond acceptors (Lipinski definition) is 5. The van der Waals surface area contributed by atoms with E-state index < -0.39 is 35.4 Å². The summed E-state index contributed by atoms with van der Waals surface area (Å²) in [4.78, 5) is 51.6. The molecule has 1 N–H and O–H groups in total. The SMILES string of the molecule is CC(C)(C)OC(=O)N1CC=C(c2ccc3c(c2F)CN(C2CCC(=O)NC2=O)C3=O)CC1. The Balaban J connectivity index is 1.52. The Morgan fingerprint density at radius 3 is 2.50 bits per heavy atom. The van der Waals surface area contributed by atoms with Crippen LogP contribution in [0.2, 0.25) is 0 Å². The summed E-state index contributed by atoms with van der Waals surface area (Å²) in [6, 6.07) is 2.38. The highest BCUT2D eigenvalue weighted by molar-refractivity contribution is 6.05. The van der Waals surface area contributed by atoms with Gasteiger partial charge in [-0.3, -0.25) is 19.7 Å². The van der Waals surface area contributed by atoms with Crippen molar-refractivity contribution in [2.45, 2.75) is 58.2 Å². The van der Waals surface area contributed by atoms with Crippen molar-refractivity contribution in [1.29, 1.82) is 0 Å². The highest BCUT2D eigenvalue weighted by atomic mass is 19.1. The van der Waals surface area contributed by atoms with Gasteiger partial charge in [0.25, 0.3) is 5.91 Å². The fourth-order valence-electron chi connectivity index (χ4n) is 4.26. The number of halogens is 1. The largest absolute Gasteiger partial charge is 0.444 e. The van der Waals surface area contributed by atoms with Gasteiger partial charge in [0.2, 0.25) is 11.8 Å². The molecule has 9 heteroatoms. The van der Waals surface area contributed by atoms with Crippen LogP contribution in [0.5, 0.6) is 0 Å². The number of carbonyl (C=O) groups excluding carboxylic acids is 4. The average molecular weight is 443 g/mol. The van der Waals surface area contributed by atoms with Crippen molar-refractivity contribution in [2.24, 2.45) is 0 Å². The predicted octanol–water partition coefficient (Wildman–Crippen LogP) is 2.61. The molecule has 1 fully saturated rings. The molecule has 0 bridgehead atoms. The van der Waals surface area contributed by atoms with Gasteiger partial charge in [-0.15, -0.1) is 0 Å². The van der Waals surface area contributed by atoms with Crippen LogP contribution in [0, 0.1) is 5.82 Å². The van der Waals surface area contributed by atoms with Gasteiger partial charge in [0, 0.05) is 36.2 Å². The normalized spacial score (nSPS) is 21.3. The van der Waals surface area contributed by atoms with Crippen LogP contribution < -0.4 is 5.32 Å². The molecule has 8 nitrogen and oxygen atoms in total. The van der Waals surface area contributed by atoms with Crippen LogP contribution in [0.4, 0.5) is 9.18 Å². The summed E-state index contributed by atoms with van der Waals surface area (Å²) in [6.45, 7) is 6.10. The summed E-state index contributed by atoms with van der Waals surface area (Å²) in [7, 11) is 0. The fourth-order valence-corrected chi connectivity index (χ4v) is 4.26. The van der Waals surface area contributed by atoms with Gasteiger partial charge in [-0.2, -0.15) is 0 Å². The lowest BCUT2D eigenvalue weighted by atomic mass is 9.95. The highest BCUT2D eigenvalue weighted by Crippen LogP contribution is 2.34. The Bertz CT molecular complexity index is 1040. The molecule has 1 atom stereocenters. The van der Waals surface area contributed by atoms with E-state index in [4.69, 9.17) is 4.74 Å². The summed E-state index contributed by atoms with van der Waals surface area (Å²) < 4.78 is 20.8. The molecular formula is C23H26FN3O5. The summed E-state index contributed by atoms with van der Waals surface area (Å²) in [5.41, 5.74) is 1.06. The summed E-state index contributed by atoms with van der Waals surface area (Å²) in [5.74, 6) is -1.79. The molecule has 0 aromatic heterocycles. The second-order valence-electron chi connectivity index (χ2n) is 9.26. The molecule has 3 aliphatic rings. The maximum Gasteiger partial charge on any atom is 0.410 e. The lowest BCUT2D eigenvalue weighted by Crippen LogP contribution is -2.52. The molecular weight excluding hydrogens is 417 g/mol. The number of carbonyl (C=O) groups is 4. The minimum absolute atomic E-state index is 0.0164. The van der Waals surface area contributed by atoms with E-state index in [0.717, 1.165) is 5.57 Å². The van der Waals surface area contributed by atoms with Gasteiger partial charge in [-0.1, -0.05) is 12.1 Å². The van der Waals surface area contributed by atoms with Crippen LogP contribution >= 0.6 is 0 Å². The van der Waals surface area contributed by atoms with E-state index in [9.17, 15) is 19.2 Å². The molecule has 3 heterocycles. The zero-order valence-corrected chi connectivity index (χ0v) is 18.4. The van der Waals surface area contributed by atoms with Gasteiger partial charge in [0.15, 0.2) is 0 Å². The van der Waals surface area contributed by atoms with E-state index >= 15 is 4.39 Å². The Kier molecular flexibility index (Phi) is 5.52. The molecule has 4 rings (SSSR count). The zero-order chi connectivity index (χ0) is 23.2. The van der Waals surface area contributed by atoms with Gasteiger partial charge in [-0.05, 0) is 45.3 Å². The molecule has 1 saturated heterocycles. The minimum atomic E-state index is -0.785. The maximum absolute atomic E-state index is 15.4. The third-order valence-electron chi connectivity index (χ3n) is 5.86. The first-order chi connectivity index (χ1) is 15.0. The minimum Gasteiger partial charge on any atom is -0.444 e. The van der Waals surface area contributed by atoms with Crippen molar-refractivity contribution < 1.29 is 28.3 Å². The highest BCUT2D eigenvalue weighted by Gasteiger charge is 2.40. The Morgan fingerprint density at radius 1 is 1.16 bits per heavy atom. The number of rotatable bonds is 2. The maximum atomic E-state index is 15.4. The average Bonchev–Trinajstić information content (AvgIpc) is 3.05. The number of nitrogens with zero attached hydrogens (tertiary/aromatic N) is 2. The van der Waals surface area contributed by atoms with Gasteiger partial charge in [0.1, 0.15) is 17.5 Å². The zero-order valence-electron chi connectivity index (χ0n) is 18.4. The molecule has 1 aromatic rings. The number of imide groups is 1. The molecule has 3 aliphatic heterocycles. The summed E-state index contributed by atoms with van der Waals surface area (Å²) in [6.07, 6.45) is 2.22. The van der Waals surface area contributed by atoms with Crippen LogP contribution in [0.3, 0.4) is 0 Å². The number of piperidine rings is 1. The number of hydrogen-bond donors (Lipinski definition) is 1. The molecule has 1 aromatic carbocycles. The first-order valence-corrected chi connectivity index (χ1v) is 10.7. The van der Waals surface area contributed by atoms with Crippen LogP contribution in [0.15, 0.2) is 18.2 Å². The van der Waals surface area contributed by atoms with Gasteiger partial charge >= 0.3 is 6.09 Å². The first kappa shape index (κ1) is 22.0. The molecule has 0 radical (unpaired) electrons. The van der Waals surface area contributed by atoms with E-state index in [1.165, 1.54) is 4.90 Å². The summed E-state index contributed by atoms with van der Waals surface area (Å²) in [5, 5.41) is 2.24. The van der Waals surface area contributed by atoms with Crippen LogP contribution in [0.1, 0.15) is 61.5 Å². The monoisotopic (exact) mass is 443 g/mol. The third kappa shape index (κ3) is 4.11. The lowest BCUT2D eigenvalue weighted by molar-refractivity contribution is -0.136. The lowest BCUT2D eigenvalue weighted by Gasteiger charge is -2.30. The molecule has 170 valence electrons. The second-order valence-corrected chi connectivity index (χ2v) is 9.26. The molecule has 0 spiro atoms. The van der Waals surface area contributed by atoms with Crippen LogP contribution in [-0.4, -0.2) is 58.3 Å². The van der Waals surface area contributed by atoms with E-state index in [1.807, 2.05) is 0 Å². The van der Waals surface area contributed by atoms with Crippen molar-refractivity contribution >= 4 is 29.4 Å². The predicted molar refractivity (Wildman–Crippen MR) is 113 cm³/mol. The van der Waals surface area contributed by atoms with E-state index in [2.05, 4.69) is 5.32 Å². The molecule has 0 aliphatic carbocycles. The standard InChI is InChI=1S/C23H26FN3O5/c1-23(2,3)32-22(31)26-10-8-13(9-11-26)14-4-5-15-16(19(14)24)12-27(21(15)30)17-6-7-18(28)25-20(17)29/h4-5,8,17H,6-7,9-12H2,1-3H3,(H,25,28,29). The Labute approximate surface area is 185 Å². The van der Waals surface area contributed by atoms with Crippen molar-refractivity contribution in [2.75, 3.05) is 13.1 Å². The topological polar surface area (TPSA) is 96.0 Å². The van der Waals surface area contributed by atoms with Crippen molar-refractivity contribution in [1.82, 2.24) is 15.1 Å². The van der Waals surface area contributed by atoms with Crippen molar-refractivity contribution in [3.63, 3.8) is 0 Å². The Hall–Kier alpha value is -3.23. The van der Waals surface area contributed by atoms with Gasteiger partial charge < -0.3 is 14.5 Å². The smallest absolute Gasteiger partial charge is 0.410 e. The third-order valence-corrected chi connectivity index (χ3v) is 5.86. The molecule has 0 saturated carbocycles. The molecule has 32 heavy (non-hydrogen) atoms. The van der Waals surface area contributed by atoms with Crippen LogP contribution in [0.25, 0.3) is 5.57 Å². The molecule has 4 amide bonds. The first-order valence-electron chi connectivity index (χ1n) is 10.7. The quantitative estimate of drug-likeness (QED) is 0.709. The Morgan fingerprint density at radius 2 is 1.88 bits per heavy atom. The van der Waals surface area contributed by atoms with Gasteiger partial charge in [0.05, 0.1) is 6.54 Å². The van der Waals surface area contributed by atoms with E-state index in [1.54, 1.807) is 43.9 Å². The van der Waals surface area contributed by atoms with E-state index in [0.29, 0.717) is 25.1 Å². The summed E-state index contributed by atoms with van der Waals surface area (Å²) >= 11 is 0. The van der Waals surface area contributed by atoms with Crippen molar-refractivity contribution in [3.05, 3.63) is 40.7 Å². The van der Waals surface area contributed by atoms with Gasteiger partial charge in [-0.25, -0.2) is 9.18 Å². The van der Waals surface area contributed by atoms with Crippen LogP contribution in [-0.2, 0) is 20.9 Å². The second kappa shape index (κ2) is 8.03.